The van der Waals surface area contributed by atoms with Crippen LogP contribution in [0.25, 0.3) is 0 Å². The molecule has 0 saturated carbocycles. The van der Waals surface area contributed by atoms with E-state index in [1.165, 1.54) is 0 Å². The summed E-state index contributed by atoms with van der Waals surface area (Å²) < 4.78 is 35.2. The minimum Gasteiger partial charge on any atom is -0.356 e. The molecule has 0 spiro atoms. The van der Waals surface area contributed by atoms with Crippen LogP contribution in [0.1, 0.15) is 26.2 Å². The summed E-state index contributed by atoms with van der Waals surface area (Å²) in [6.07, 6.45) is 1.49. The molecule has 11 heavy (non-hydrogen) atoms. The lowest BCUT2D eigenvalue weighted by Gasteiger charge is -2.38. The van der Waals surface area contributed by atoms with Gasteiger partial charge in [0.2, 0.25) is 0 Å². The minimum atomic E-state index is -4.01. The first-order valence-electron chi connectivity index (χ1n) is 3.63. The fourth-order valence-electron chi connectivity index (χ4n) is 1.24. The van der Waals surface area contributed by atoms with E-state index in [0.717, 1.165) is 0 Å². The number of rotatable bonds is 3. The smallest absolute Gasteiger partial charge is 0.295 e. The van der Waals surface area contributed by atoms with Crippen molar-refractivity contribution >= 4 is 10.1 Å². The molecule has 1 saturated heterocycles. The molecule has 1 aliphatic heterocycles. The SMILES string of the molecule is CCCC1(S(=O)(=O)O)CCO1. The maximum atomic E-state index is 10.8. The van der Waals surface area contributed by atoms with Crippen molar-refractivity contribution in [1.82, 2.24) is 0 Å². The molecular weight excluding hydrogens is 168 g/mol. The van der Waals surface area contributed by atoms with Gasteiger partial charge in [-0.25, -0.2) is 0 Å². The Hall–Kier alpha value is -0.130. The molecule has 0 amide bonds. The van der Waals surface area contributed by atoms with Gasteiger partial charge in [-0.3, -0.25) is 4.55 Å². The summed E-state index contributed by atoms with van der Waals surface area (Å²) in [7, 11) is -4.01. The van der Waals surface area contributed by atoms with Gasteiger partial charge in [-0.2, -0.15) is 8.42 Å². The van der Waals surface area contributed by atoms with Crippen LogP contribution in [0.15, 0.2) is 0 Å². The lowest BCUT2D eigenvalue weighted by molar-refractivity contribution is -0.0947. The average molecular weight is 180 g/mol. The minimum absolute atomic E-state index is 0.381. The van der Waals surface area contributed by atoms with E-state index in [9.17, 15) is 8.42 Å². The van der Waals surface area contributed by atoms with E-state index >= 15 is 0 Å². The first kappa shape index (κ1) is 8.96. The van der Waals surface area contributed by atoms with Gasteiger partial charge in [0.25, 0.3) is 10.1 Å². The maximum absolute atomic E-state index is 10.8. The normalized spacial score (nSPS) is 31.5. The molecule has 4 nitrogen and oxygen atoms in total. The average Bonchev–Trinajstić information content (AvgIpc) is 1.75. The molecule has 0 bridgehead atoms. The molecule has 0 radical (unpaired) electrons. The second-order valence-electron chi connectivity index (χ2n) is 2.73. The van der Waals surface area contributed by atoms with E-state index in [2.05, 4.69) is 0 Å². The quantitative estimate of drug-likeness (QED) is 0.652. The van der Waals surface area contributed by atoms with Crippen LogP contribution in [0.5, 0.6) is 0 Å². The topological polar surface area (TPSA) is 63.6 Å². The van der Waals surface area contributed by atoms with Gasteiger partial charge in [-0.05, 0) is 6.42 Å². The highest BCUT2D eigenvalue weighted by Gasteiger charge is 2.49. The molecule has 1 atom stereocenters. The van der Waals surface area contributed by atoms with Gasteiger partial charge < -0.3 is 4.74 Å². The van der Waals surface area contributed by atoms with Crippen LogP contribution in [0.3, 0.4) is 0 Å². The van der Waals surface area contributed by atoms with E-state index < -0.39 is 15.1 Å². The lowest BCUT2D eigenvalue weighted by Crippen LogP contribution is -2.50. The molecule has 0 aromatic heterocycles. The Morgan fingerprint density at radius 3 is 2.27 bits per heavy atom. The zero-order valence-corrected chi connectivity index (χ0v) is 7.23. The third-order valence-corrected chi connectivity index (χ3v) is 3.42. The fraction of sp³-hybridized carbons (Fsp3) is 1.00. The van der Waals surface area contributed by atoms with Gasteiger partial charge in [0.15, 0.2) is 4.93 Å². The predicted molar refractivity (Wildman–Crippen MR) is 39.8 cm³/mol. The molecule has 0 aromatic carbocycles. The number of ether oxygens (including phenoxy) is 1. The van der Waals surface area contributed by atoms with Gasteiger partial charge in [0.1, 0.15) is 0 Å². The van der Waals surface area contributed by atoms with Crippen LogP contribution in [-0.4, -0.2) is 24.5 Å². The molecule has 5 heteroatoms. The summed E-state index contributed by atoms with van der Waals surface area (Å²) in [6, 6.07) is 0. The largest absolute Gasteiger partial charge is 0.356 e. The van der Waals surface area contributed by atoms with Crippen molar-refractivity contribution in [1.29, 1.82) is 0 Å². The van der Waals surface area contributed by atoms with Crippen LogP contribution in [-0.2, 0) is 14.9 Å². The first-order chi connectivity index (χ1) is 5.02. The third kappa shape index (κ3) is 1.40. The Balaban J connectivity index is 2.76. The molecule has 1 aliphatic rings. The van der Waals surface area contributed by atoms with Crippen LogP contribution >= 0.6 is 0 Å². The van der Waals surface area contributed by atoms with E-state index in [1.54, 1.807) is 0 Å². The maximum Gasteiger partial charge on any atom is 0.295 e. The van der Waals surface area contributed by atoms with Gasteiger partial charge in [-0.15, -0.1) is 0 Å². The summed E-state index contributed by atoms with van der Waals surface area (Å²) in [5, 5.41) is 0. The molecule has 0 aliphatic carbocycles. The number of hydrogen-bond donors (Lipinski definition) is 1. The monoisotopic (exact) mass is 180 g/mol. The molecular formula is C6H12O4S. The van der Waals surface area contributed by atoms with Gasteiger partial charge in [0.05, 0.1) is 6.61 Å². The highest BCUT2D eigenvalue weighted by Crippen LogP contribution is 2.35. The van der Waals surface area contributed by atoms with Crippen molar-refractivity contribution in [2.24, 2.45) is 0 Å². The Bertz CT molecular complexity index is 227. The van der Waals surface area contributed by atoms with E-state index in [0.29, 0.717) is 25.9 Å². The standard InChI is InChI=1S/C6H12O4S/c1-2-3-6(4-5-10-6)11(7,8)9/h2-5H2,1H3,(H,7,8,9). The molecule has 66 valence electrons. The lowest BCUT2D eigenvalue weighted by atomic mass is 10.1. The summed E-state index contributed by atoms with van der Waals surface area (Å²) in [5.41, 5.74) is 0. The summed E-state index contributed by atoms with van der Waals surface area (Å²) in [6.45, 7) is 2.29. The van der Waals surface area contributed by atoms with Crippen molar-refractivity contribution in [2.75, 3.05) is 6.61 Å². The molecule has 1 N–H and O–H groups in total. The predicted octanol–water partition coefficient (Wildman–Crippen LogP) is 0.791. The molecule has 1 unspecified atom stereocenters. The Labute approximate surface area is 66.3 Å². The molecule has 1 rings (SSSR count). The van der Waals surface area contributed by atoms with Crippen molar-refractivity contribution in [3.05, 3.63) is 0 Å². The highest BCUT2D eigenvalue weighted by molar-refractivity contribution is 7.87. The Morgan fingerprint density at radius 1 is 1.64 bits per heavy atom. The Kier molecular flexibility index (Phi) is 2.22. The molecule has 1 fully saturated rings. The van der Waals surface area contributed by atoms with Crippen molar-refractivity contribution in [3.8, 4) is 0 Å². The van der Waals surface area contributed by atoms with Crippen LogP contribution in [0.4, 0.5) is 0 Å². The van der Waals surface area contributed by atoms with Crippen molar-refractivity contribution < 1.29 is 17.7 Å². The fourth-order valence-corrected chi connectivity index (χ4v) is 2.28. The van der Waals surface area contributed by atoms with Crippen molar-refractivity contribution in [2.45, 2.75) is 31.1 Å². The number of hydrogen-bond acceptors (Lipinski definition) is 3. The van der Waals surface area contributed by atoms with Gasteiger partial charge in [-0.1, -0.05) is 13.3 Å². The zero-order valence-electron chi connectivity index (χ0n) is 6.41. The van der Waals surface area contributed by atoms with E-state index in [4.69, 9.17) is 9.29 Å². The second kappa shape index (κ2) is 2.73. The third-order valence-electron chi connectivity index (χ3n) is 1.95. The summed E-state index contributed by atoms with van der Waals surface area (Å²) in [5.74, 6) is 0. The van der Waals surface area contributed by atoms with Gasteiger partial charge >= 0.3 is 0 Å². The summed E-state index contributed by atoms with van der Waals surface area (Å²) in [4.78, 5) is -1.26. The summed E-state index contributed by atoms with van der Waals surface area (Å²) >= 11 is 0. The van der Waals surface area contributed by atoms with E-state index in [-0.39, 0.29) is 0 Å². The first-order valence-corrected chi connectivity index (χ1v) is 5.07. The second-order valence-corrected chi connectivity index (χ2v) is 4.43. The zero-order chi connectivity index (χ0) is 8.54. The molecule has 1 heterocycles. The molecule has 0 aromatic rings. The van der Waals surface area contributed by atoms with Crippen LogP contribution < -0.4 is 0 Å². The van der Waals surface area contributed by atoms with Gasteiger partial charge in [0, 0.05) is 6.42 Å². The van der Waals surface area contributed by atoms with Crippen LogP contribution in [0, 0.1) is 0 Å². The van der Waals surface area contributed by atoms with Crippen molar-refractivity contribution in [3.63, 3.8) is 0 Å². The van der Waals surface area contributed by atoms with E-state index in [1.807, 2.05) is 6.92 Å². The highest BCUT2D eigenvalue weighted by atomic mass is 32.2. The van der Waals surface area contributed by atoms with Crippen LogP contribution in [0.2, 0.25) is 0 Å². The Morgan fingerprint density at radius 2 is 2.18 bits per heavy atom.